The molecule has 0 atom stereocenters. The molecule has 220 valence electrons. The fourth-order valence-corrected chi connectivity index (χ4v) is 4.81. The van der Waals surface area contributed by atoms with Crippen LogP contribution in [0.2, 0.25) is 25.7 Å². The Bertz CT molecular complexity index is 1490. The van der Waals surface area contributed by atoms with Gasteiger partial charge in [-0.3, -0.25) is 4.98 Å². The highest BCUT2D eigenvalue weighted by Crippen LogP contribution is 2.32. The second kappa shape index (κ2) is 12.6. The van der Waals surface area contributed by atoms with Gasteiger partial charge in [0.25, 0.3) is 6.43 Å². The largest absolute Gasteiger partial charge is 0.389 e. The summed E-state index contributed by atoms with van der Waals surface area (Å²) in [5.41, 5.74) is 0.180. The van der Waals surface area contributed by atoms with Gasteiger partial charge in [-0.2, -0.15) is 0 Å². The van der Waals surface area contributed by atoms with Crippen molar-refractivity contribution in [2.24, 2.45) is 0 Å². The van der Waals surface area contributed by atoms with Crippen LogP contribution in [-0.4, -0.2) is 56.4 Å². The second-order valence-corrected chi connectivity index (χ2v) is 17.3. The highest BCUT2D eigenvalue weighted by atomic mass is 28.3. The van der Waals surface area contributed by atoms with Gasteiger partial charge in [0.05, 0.1) is 22.9 Å². The van der Waals surface area contributed by atoms with Crippen LogP contribution in [0.3, 0.4) is 0 Å². The average molecular weight is 588 g/mol. The molecule has 0 aromatic carbocycles. The van der Waals surface area contributed by atoms with Crippen LogP contribution >= 0.6 is 0 Å². The van der Waals surface area contributed by atoms with Crippen molar-refractivity contribution >= 4 is 30.6 Å². The zero-order valence-electron chi connectivity index (χ0n) is 23.9. The van der Waals surface area contributed by atoms with Gasteiger partial charge in [-0.25, -0.2) is 28.1 Å². The van der Waals surface area contributed by atoms with E-state index in [0.717, 1.165) is 17.8 Å². The minimum atomic E-state index is -2.76. The fraction of sp³-hybridized carbons (Fsp3) is 0.429. The van der Waals surface area contributed by atoms with Crippen LogP contribution in [0.15, 0.2) is 42.9 Å². The number of alkyl halides is 2. The number of aliphatic hydroxyl groups is 1. The summed E-state index contributed by atoms with van der Waals surface area (Å²) in [4.78, 5) is 17.2. The molecule has 0 saturated carbocycles. The number of rotatable bonds is 13. The zero-order valence-corrected chi connectivity index (χ0v) is 24.9. The Balaban J connectivity index is 1.84. The number of aromatic nitrogens is 5. The van der Waals surface area contributed by atoms with Gasteiger partial charge in [-0.15, -0.1) is 0 Å². The van der Waals surface area contributed by atoms with Crippen LogP contribution in [-0.2, 0) is 18.0 Å². The zero-order chi connectivity index (χ0) is 29.8. The third kappa shape index (κ3) is 8.32. The van der Waals surface area contributed by atoms with Crippen molar-refractivity contribution in [3.8, 4) is 11.5 Å². The summed E-state index contributed by atoms with van der Waals surface area (Å²) in [6.45, 7) is 11.6. The van der Waals surface area contributed by atoms with Gasteiger partial charge in [0, 0.05) is 40.2 Å². The maximum Gasteiger partial charge on any atom is 0.280 e. The summed E-state index contributed by atoms with van der Waals surface area (Å²) >= 11 is 0. The second-order valence-electron chi connectivity index (χ2n) is 11.7. The normalized spacial score (nSPS) is 12.4. The number of fused-ring (bicyclic) bond motifs is 1. The SMILES string of the molecule is CC(C)(O)CNCc1cn(COCC[Si](C)(C)C)c2nc(-c3cccc(C(F)F)n3)nc(Nc3ccncc3F)c12. The monoisotopic (exact) mass is 587 g/mol. The topological polar surface area (TPSA) is 110 Å². The minimum absolute atomic E-state index is 0.0920. The van der Waals surface area contributed by atoms with E-state index in [4.69, 9.17) is 9.72 Å². The number of ether oxygens (including phenoxy) is 1. The molecule has 9 nitrogen and oxygen atoms in total. The summed E-state index contributed by atoms with van der Waals surface area (Å²) in [5, 5.41) is 17.1. The Morgan fingerprint density at radius 2 is 1.90 bits per heavy atom. The predicted molar refractivity (Wildman–Crippen MR) is 155 cm³/mol. The number of nitrogens with one attached hydrogen (secondary N) is 2. The van der Waals surface area contributed by atoms with Crippen LogP contribution in [0.5, 0.6) is 0 Å². The summed E-state index contributed by atoms with van der Waals surface area (Å²) < 4.78 is 49.4. The molecule has 0 aliphatic carbocycles. The Morgan fingerprint density at radius 1 is 1.12 bits per heavy atom. The molecule has 0 aliphatic heterocycles. The molecule has 13 heteroatoms. The van der Waals surface area contributed by atoms with Gasteiger partial charge in [-0.05, 0) is 43.7 Å². The van der Waals surface area contributed by atoms with Crippen molar-refractivity contribution in [2.45, 2.75) is 64.8 Å². The molecule has 41 heavy (non-hydrogen) atoms. The summed E-state index contributed by atoms with van der Waals surface area (Å²) in [6.07, 6.45) is 1.63. The molecule has 0 bridgehead atoms. The van der Waals surface area contributed by atoms with Gasteiger partial charge in [0.2, 0.25) is 0 Å². The Labute approximate surface area is 238 Å². The first-order valence-corrected chi connectivity index (χ1v) is 17.0. The molecule has 4 rings (SSSR count). The first-order valence-electron chi connectivity index (χ1n) is 13.3. The molecular weight excluding hydrogens is 551 g/mol. The van der Waals surface area contributed by atoms with Gasteiger partial charge < -0.3 is 25.0 Å². The highest BCUT2D eigenvalue weighted by Gasteiger charge is 2.22. The maximum atomic E-state index is 14.7. The van der Waals surface area contributed by atoms with Crippen molar-refractivity contribution < 1.29 is 23.0 Å². The minimum Gasteiger partial charge on any atom is -0.389 e. The maximum absolute atomic E-state index is 14.7. The number of nitrogens with zero attached hydrogens (tertiary/aromatic N) is 5. The van der Waals surface area contributed by atoms with Gasteiger partial charge in [0.15, 0.2) is 11.6 Å². The molecule has 4 aromatic rings. The number of anilines is 2. The fourth-order valence-electron chi connectivity index (χ4n) is 4.05. The van der Waals surface area contributed by atoms with E-state index in [-0.39, 0.29) is 29.8 Å². The number of hydrogen-bond acceptors (Lipinski definition) is 8. The van der Waals surface area contributed by atoms with Crippen LogP contribution in [0.25, 0.3) is 22.6 Å². The van der Waals surface area contributed by atoms with E-state index >= 15 is 0 Å². The lowest BCUT2D eigenvalue weighted by Crippen LogP contribution is -2.34. The Kier molecular flexibility index (Phi) is 9.42. The summed E-state index contributed by atoms with van der Waals surface area (Å²) in [6, 6.07) is 6.71. The average Bonchev–Trinajstić information content (AvgIpc) is 3.24. The Hall–Kier alpha value is -3.39. The van der Waals surface area contributed by atoms with Gasteiger partial charge in [-0.1, -0.05) is 25.7 Å². The smallest absolute Gasteiger partial charge is 0.280 e. The predicted octanol–water partition coefficient (Wildman–Crippen LogP) is 5.88. The molecule has 0 saturated heterocycles. The number of pyridine rings is 2. The van der Waals surface area contributed by atoms with Crippen molar-refractivity contribution in [1.82, 2.24) is 29.8 Å². The van der Waals surface area contributed by atoms with E-state index in [1.54, 1.807) is 19.9 Å². The standard InChI is InChI=1S/C28H36F3N7O2Si/c1-28(2,39)16-33-13-18-15-38(17-40-11-12-41(3,4)5)27-23(18)26(35-20-9-10-32-14-19(20)29)36-25(37-27)22-8-6-7-21(34-22)24(30)31/h6-10,14-15,24,33,39H,11-13,16-17H2,1-5H3,(H,32,35,36,37). The van der Waals surface area contributed by atoms with E-state index in [9.17, 15) is 18.3 Å². The molecule has 4 heterocycles. The van der Waals surface area contributed by atoms with Crippen molar-refractivity contribution in [3.63, 3.8) is 0 Å². The first-order chi connectivity index (χ1) is 19.3. The number of hydrogen-bond donors (Lipinski definition) is 3. The molecule has 0 fully saturated rings. The van der Waals surface area contributed by atoms with Crippen molar-refractivity contribution in [3.05, 3.63) is 59.9 Å². The van der Waals surface area contributed by atoms with E-state index < -0.39 is 31.6 Å². The molecule has 0 aliphatic rings. The molecule has 0 unspecified atom stereocenters. The molecule has 4 aromatic heterocycles. The first kappa shape index (κ1) is 30.6. The van der Waals surface area contributed by atoms with E-state index in [0.29, 0.717) is 30.7 Å². The molecule has 0 radical (unpaired) electrons. The van der Waals surface area contributed by atoms with Crippen LogP contribution < -0.4 is 10.6 Å². The third-order valence-electron chi connectivity index (χ3n) is 6.14. The van der Waals surface area contributed by atoms with Gasteiger partial charge in [0.1, 0.15) is 29.6 Å². The summed E-state index contributed by atoms with van der Waals surface area (Å²) in [5.74, 6) is -0.232. The van der Waals surface area contributed by atoms with E-state index in [2.05, 4.69) is 45.2 Å². The van der Waals surface area contributed by atoms with E-state index in [1.165, 1.54) is 24.4 Å². The lowest BCUT2D eigenvalue weighted by Gasteiger charge is -2.17. The Morgan fingerprint density at radius 3 is 2.59 bits per heavy atom. The number of halogens is 3. The molecule has 0 amide bonds. The van der Waals surface area contributed by atoms with Crippen molar-refractivity contribution in [2.75, 3.05) is 18.5 Å². The molecule has 0 spiro atoms. The van der Waals surface area contributed by atoms with Crippen LogP contribution in [0.4, 0.5) is 24.7 Å². The lowest BCUT2D eigenvalue weighted by molar-refractivity contribution is 0.0793. The highest BCUT2D eigenvalue weighted by molar-refractivity contribution is 6.76. The van der Waals surface area contributed by atoms with Crippen molar-refractivity contribution in [1.29, 1.82) is 0 Å². The molecule has 3 N–H and O–H groups in total. The molecular formula is C28H36F3N7O2Si. The quantitative estimate of drug-likeness (QED) is 0.131. The summed E-state index contributed by atoms with van der Waals surface area (Å²) in [7, 11) is -1.32. The van der Waals surface area contributed by atoms with Gasteiger partial charge >= 0.3 is 0 Å². The lowest BCUT2D eigenvalue weighted by atomic mass is 10.1. The van der Waals surface area contributed by atoms with E-state index in [1.807, 2.05) is 10.8 Å². The van der Waals surface area contributed by atoms with Crippen LogP contribution in [0.1, 0.15) is 31.5 Å². The van der Waals surface area contributed by atoms with Crippen LogP contribution in [0, 0.1) is 5.82 Å². The third-order valence-corrected chi connectivity index (χ3v) is 7.85.